The minimum atomic E-state index is -0.501. The van der Waals surface area contributed by atoms with E-state index in [0.29, 0.717) is 18.6 Å². The zero-order valence-corrected chi connectivity index (χ0v) is 11.0. The van der Waals surface area contributed by atoms with Crippen LogP contribution in [0.15, 0.2) is 18.2 Å². The molecule has 1 aliphatic rings. The topological polar surface area (TPSA) is 79.2 Å². The van der Waals surface area contributed by atoms with Gasteiger partial charge in [0.1, 0.15) is 5.75 Å². The van der Waals surface area contributed by atoms with Crippen molar-refractivity contribution < 1.29 is 24.8 Å². The predicted octanol–water partition coefficient (Wildman–Crippen LogP) is 0.897. The normalized spacial score (nSPS) is 27.3. The minimum absolute atomic E-state index is 0.116. The van der Waals surface area contributed by atoms with Gasteiger partial charge < -0.3 is 24.8 Å². The van der Waals surface area contributed by atoms with Gasteiger partial charge in [0.25, 0.3) is 0 Å². The van der Waals surface area contributed by atoms with Crippen LogP contribution >= 0.6 is 0 Å². The molecular weight excluding hydrogens is 248 g/mol. The van der Waals surface area contributed by atoms with Gasteiger partial charge in [-0.15, -0.1) is 0 Å². The molecule has 0 bridgehead atoms. The lowest BCUT2D eigenvalue weighted by Gasteiger charge is -2.33. The van der Waals surface area contributed by atoms with Gasteiger partial charge in [-0.25, -0.2) is 0 Å². The highest BCUT2D eigenvalue weighted by Crippen LogP contribution is 2.36. The summed E-state index contributed by atoms with van der Waals surface area (Å²) in [6.07, 6.45) is -0.298. The van der Waals surface area contributed by atoms with Gasteiger partial charge >= 0.3 is 0 Å². The zero-order valence-electron chi connectivity index (χ0n) is 11.0. The van der Waals surface area contributed by atoms with Crippen LogP contribution < -0.4 is 4.74 Å². The molecule has 5 heteroatoms. The molecule has 106 valence electrons. The van der Waals surface area contributed by atoms with Crippen molar-refractivity contribution in [2.24, 2.45) is 0 Å². The molecule has 0 amide bonds. The SMILES string of the molecule is Cc1ccc(OCO)c(C2CC(O)CC(CO)O2)c1. The number of aryl methyl sites for hydroxylation is 1. The van der Waals surface area contributed by atoms with E-state index in [0.717, 1.165) is 11.1 Å². The fourth-order valence-electron chi connectivity index (χ4n) is 2.43. The van der Waals surface area contributed by atoms with Gasteiger partial charge in [0.2, 0.25) is 0 Å². The van der Waals surface area contributed by atoms with Gasteiger partial charge in [-0.2, -0.15) is 0 Å². The maximum Gasteiger partial charge on any atom is 0.186 e. The fraction of sp³-hybridized carbons (Fsp3) is 0.571. The summed E-state index contributed by atoms with van der Waals surface area (Å²) < 4.78 is 10.9. The summed E-state index contributed by atoms with van der Waals surface area (Å²) in [6.45, 7) is 1.43. The Morgan fingerprint density at radius 3 is 2.79 bits per heavy atom. The zero-order chi connectivity index (χ0) is 13.8. The molecule has 1 aromatic rings. The molecule has 1 fully saturated rings. The third-order valence-corrected chi connectivity index (χ3v) is 3.31. The van der Waals surface area contributed by atoms with Crippen molar-refractivity contribution >= 4 is 0 Å². The van der Waals surface area contributed by atoms with E-state index in [1.165, 1.54) is 0 Å². The van der Waals surface area contributed by atoms with Crippen molar-refractivity contribution in [1.82, 2.24) is 0 Å². The molecule has 0 radical (unpaired) electrons. The van der Waals surface area contributed by atoms with E-state index in [2.05, 4.69) is 0 Å². The quantitative estimate of drug-likeness (QED) is 0.707. The number of rotatable bonds is 4. The van der Waals surface area contributed by atoms with Crippen LogP contribution in [0.3, 0.4) is 0 Å². The van der Waals surface area contributed by atoms with Crippen LogP contribution in [0, 0.1) is 6.92 Å². The summed E-state index contributed by atoms with van der Waals surface area (Å²) in [5.74, 6) is 0.545. The minimum Gasteiger partial charge on any atom is -0.467 e. The van der Waals surface area contributed by atoms with Crippen molar-refractivity contribution in [1.29, 1.82) is 0 Å². The van der Waals surface area contributed by atoms with E-state index in [4.69, 9.17) is 14.6 Å². The lowest BCUT2D eigenvalue weighted by atomic mass is 9.95. The van der Waals surface area contributed by atoms with Gasteiger partial charge in [-0.3, -0.25) is 0 Å². The Hall–Kier alpha value is -1.14. The Morgan fingerprint density at radius 1 is 1.32 bits per heavy atom. The third kappa shape index (κ3) is 3.45. The smallest absolute Gasteiger partial charge is 0.186 e. The monoisotopic (exact) mass is 268 g/mol. The molecule has 1 heterocycles. The average molecular weight is 268 g/mol. The number of hydrogen-bond donors (Lipinski definition) is 3. The van der Waals surface area contributed by atoms with Crippen LogP contribution in [-0.4, -0.2) is 40.9 Å². The molecule has 2 rings (SSSR count). The van der Waals surface area contributed by atoms with Crippen molar-refractivity contribution in [3.05, 3.63) is 29.3 Å². The number of hydrogen-bond acceptors (Lipinski definition) is 5. The molecular formula is C14H20O5. The lowest BCUT2D eigenvalue weighted by molar-refractivity contribution is -0.114. The highest BCUT2D eigenvalue weighted by molar-refractivity contribution is 5.38. The lowest BCUT2D eigenvalue weighted by Crippen LogP contribution is -2.33. The number of aliphatic hydroxyl groups excluding tert-OH is 3. The van der Waals surface area contributed by atoms with Crippen LogP contribution in [0.2, 0.25) is 0 Å². The van der Waals surface area contributed by atoms with Crippen molar-refractivity contribution in [3.8, 4) is 5.75 Å². The molecule has 19 heavy (non-hydrogen) atoms. The molecule has 3 unspecified atom stereocenters. The maximum atomic E-state index is 9.85. The van der Waals surface area contributed by atoms with E-state index >= 15 is 0 Å². The van der Waals surface area contributed by atoms with Crippen LogP contribution in [0.1, 0.15) is 30.1 Å². The largest absolute Gasteiger partial charge is 0.467 e. The highest BCUT2D eigenvalue weighted by atomic mass is 16.6. The van der Waals surface area contributed by atoms with Crippen LogP contribution in [0.25, 0.3) is 0 Å². The second-order valence-electron chi connectivity index (χ2n) is 4.87. The number of aliphatic hydroxyl groups is 3. The Kier molecular flexibility index (Phi) is 4.76. The second kappa shape index (κ2) is 6.34. The average Bonchev–Trinajstić information content (AvgIpc) is 2.40. The van der Waals surface area contributed by atoms with Gasteiger partial charge in [0.15, 0.2) is 6.79 Å². The van der Waals surface area contributed by atoms with E-state index < -0.39 is 12.9 Å². The predicted molar refractivity (Wildman–Crippen MR) is 68.8 cm³/mol. The molecule has 1 saturated heterocycles. The van der Waals surface area contributed by atoms with Crippen molar-refractivity contribution in [2.75, 3.05) is 13.4 Å². The summed E-state index contributed by atoms with van der Waals surface area (Å²) in [6, 6.07) is 5.58. The third-order valence-electron chi connectivity index (χ3n) is 3.31. The van der Waals surface area contributed by atoms with Gasteiger partial charge in [-0.1, -0.05) is 11.6 Å². The van der Waals surface area contributed by atoms with Crippen LogP contribution in [0.5, 0.6) is 5.75 Å². The molecule has 1 aliphatic heterocycles. The Labute approximate surface area is 112 Å². The van der Waals surface area contributed by atoms with Crippen LogP contribution in [-0.2, 0) is 4.74 Å². The highest BCUT2D eigenvalue weighted by Gasteiger charge is 2.30. The Balaban J connectivity index is 2.26. The molecule has 0 aliphatic carbocycles. The van der Waals surface area contributed by atoms with E-state index in [-0.39, 0.29) is 18.8 Å². The molecule has 0 saturated carbocycles. The van der Waals surface area contributed by atoms with Gasteiger partial charge in [-0.05, 0) is 19.1 Å². The van der Waals surface area contributed by atoms with E-state index in [9.17, 15) is 10.2 Å². The van der Waals surface area contributed by atoms with E-state index in [1.807, 2.05) is 19.1 Å². The van der Waals surface area contributed by atoms with Gasteiger partial charge in [0.05, 0.1) is 24.9 Å². The summed E-state index contributed by atoms with van der Waals surface area (Å²) >= 11 is 0. The number of benzene rings is 1. The van der Waals surface area contributed by atoms with Gasteiger partial charge in [0, 0.05) is 18.4 Å². The summed E-state index contributed by atoms with van der Waals surface area (Å²) in [5, 5.41) is 28.0. The first kappa shape index (κ1) is 14.3. The summed E-state index contributed by atoms with van der Waals surface area (Å²) in [5.41, 5.74) is 1.84. The molecule has 3 atom stereocenters. The molecule has 1 aromatic carbocycles. The molecule has 0 aromatic heterocycles. The van der Waals surface area contributed by atoms with E-state index in [1.54, 1.807) is 6.07 Å². The van der Waals surface area contributed by atoms with Crippen molar-refractivity contribution in [3.63, 3.8) is 0 Å². The first-order chi connectivity index (χ1) is 9.13. The summed E-state index contributed by atoms with van der Waals surface area (Å²) in [4.78, 5) is 0. The number of ether oxygens (including phenoxy) is 2. The summed E-state index contributed by atoms with van der Waals surface area (Å²) in [7, 11) is 0. The maximum absolute atomic E-state index is 9.85. The molecule has 5 nitrogen and oxygen atoms in total. The molecule has 0 spiro atoms. The van der Waals surface area contributed by atoms with Crippen molar-refractivity contribution in [2.45, 2.75) is 38.1 Å². The van der Waals surface area contributed by atoms with Crippen LogP contribution in [0.4, 0.5) is 0 Å². The Bertz CT molecular complexity index is 420. The molecule has 3 N–H and O–H groups in total. The fourth-order valence-corrected chi connectivity index (χ4v) is 2.43. The first-order valence-corrected chi connectivity index (χ1v) is 6.42. The second-order valence-corrected chi connectivity index (χ2v) is 4.87. The standard InChI is InChI=1S/C14H20O5/c1-9-2-3-13(18-8-16)12(4-9)14-6-10(17)5-11(7-15)19-14/h2-4,10-11,14-17H,5-8H2,1H3. The first-order valence-electron chi connectivity index (χ1n) is 6.42. The Morgan fingerprint density at radius 2 is 2.11 bits per heavy atom.